The lowest BCUT2D eigenvalue weighted by molar-refractivity contribution is 0.0518. The van der Waals surface area contributed by atoms with E-state index in [-0.39, 0.29) is 34.8 Å². The third kappa shape index (κ3) is 5.21. The van der Waals surface area contributed by atoms with Crippen LogP contribution in [0.2, 0.25) is 5.02 Å². The highest BCUT2D eigenvalue weighted by Crippen LogP contribution is 2.36. The molecule has 0 bridgehead atoms. The Morgan fingerprint density at radius 1 is 1.30 bits per heavy atom. The summed E-state index contributed by atoms with van der Waals surface area (Å²) in [5.74, 6) is -0.836. The van der Waals surface area contributed by atoms with Crippen molar-refractivity contribution in [1.29, 1.82) is 5.26 Å². The van der Waals surface area contributed by atoms with Crippen LogP contribution in [0, 0.1) is 11.3 Å². The zero-order chi connectivity index (χ0) is 24.3. The monoisotopic (exact) mass is 530 g/mol. The van der Waals surface area contributed by atoms with E-state index in [1.165, 1.54) is 4.57 Å². The molecular formula is C24H24BrClN4O3. The highest BCUT2D eigenvalue weighted by molar-refractivity contribution is 9.10. The van der Waals surface area contributed by atoms with E-state index in [1.807, 2.05) is 30.5 Å². The van der Waals surface area contributed by atoms with E-state index in [1.54, 1.807) is 38.4 Å². The molecule has 33 heavy (non-hydrogen) atoms. The molecule has 0 saturated carbocycles. The van der Waals surface area contributed by atoms with Crippen LogP contribution in [-0.2, 0) is 18.2 Å². The van der Waals surface area contributed by atoms with E-state index in [0.29, 0.717) is 22.4 Å². The van der Waals surface area contributed by atoms with Crippen molar-refractivity contribution in [2.45, 2.75) is 39.2 Å². The predicted molar refractivity (Wildman–Crippen MR) is 130 cm³/mol. The number of aromatic nitrogens is 3. The van der Waals surface area contributed by atoms with Crippen molar-refractivity contribution in [3.05, 3.63) is 84.7 Å². The van der Waals surface area contributed by atoms with Gasteiger partial charge in [-0.3, -0.25) is 4.79 Å². The first kappa shape index (κ1) is 24.7. The number of hydrogen-bond donors (Lipinski definition) is 0. The van der Waals surface area contributed by atoms with E-state index in [2.05, 4.69) is 27.0 Å². The van der Waals surface area contributed by atoms with Crippen molar-refractivity contribution in [2.24, 2.45) is 7.05 Å². The van der Waals surface area contributed by atoms with E-state index in [9.17, 15) is 14.9 Å². The summed E-state index contributed by atoms with van der Waals surface area (Å²) in [5, 5.41) is 9.35. The summed E-state index contributed by atoms with van der Waals surface area (Å²) in [6, 6.07) is 11.0. The number of ether oxygens (including phenoxy) is 1. The molecule has 2 heterocycles. The van der Waals surface area contributed by atoms with Crippen LogP contribution in [0.1, 0.15) is 65.6 Å². The SMILES string of the molecule is CCOC(=O)c1nc(Br)n(C(C)C)c1C(Cc1cc(Cl)c(=O)n(C)c1)c1ccc(C#N)cc1. The number of nitrogens with zero attached hydrogens (tertiary/aromatic N) is 4. The number of rotatable bonds is 7. The van der Waals surface area contributed by atoms with Crippen molar-refractivity contribution in [2.75, 3.05) is 6.61 Å². The van der Waals surface area contributed by atoms with Crippen LogP contribution in [0.5, 0.6) is 0 Å². The van der Waals surface area contributed by atoms with Gasteiger partial charge < -0.3 is 13.9 Å². The molecule has 0 saturated heterocycles. The number of halogens is 2. The number of imidazole rings is 1. The van der Waals surface area contributed by atoms with Gasteiger partial charge in [0.15, 0.2) is 10.4 Å². The minimum atomic E-state index is -0.510. The van der Waals surface area contributed by atoms with Gasteiger partial charge in [-0.25, -0.2) is 9.78 Å². The minimum absolute atomic E-state index is 0.00495. The van der Waals surface area contributed by atoms with E-state index in [4.69, 9.17) is 16.3 Å². The van der Waals surface area contributed by atoms with Gasteiger partial charge in [-0.1, -0.05) is 23.7 Å². The van der Waals surface area contributed by atoms with Gasteiger partial charge in [0, 0.05) is 25.2 Å². The van der Waals surface area contributed by atoms with Gasteiger partial charge in [-0.2, -0.15) is 5.26 Å². The Bertz CT molecular complexity index is 1250. The second kappa shape index (κ2) is 10.4. The normalized spacial score (nSPS) is 11.9. The van der Waals surface area contributed by atoms with Crippen molar-refractivity contribution in [1.82, 2.24) is 14.1 Å². The molecule has 0 radical (unpaired) electrons. The number of benzene rings is 1. The van der Waals surface area contributed by atoms with Gasteiger partial charge in [0.1, 0.15) is 5.02 Å². The summed E-state index contributed by atoms with van der Waals surface area (Å²) >= 11 is 9.68. The lowest BCUT2D eigenvalue weighted by Crippen LogP contribution is -2.20. The predicted octanol–water partition coefficient (Wildman–Crippen LogP) is 5.00. The Labute approximate surface area is 205 Å². The Morgan fingerprint density at radius 2 is 1.97 bits per heavy atom. The molecule has 172 valence electrons. The van der Waals surface area contributed by atoms with Crippen LogP contribution >= 0.6 is 27.5 Å². The molecule has 0 amide bonds. The van der Waals surface area contributed by atoms with Gasteiger partial charge >= 0.3 is 5.97 Å². The van der Waals surface area contributed by atoms with Crippen LogP contribution in [0.15, 0.2) is 46.1 Å². The van der Waals surface area contributed by atoms with E-state index >= 15 is 0 Å². The summed E-state index contributed by atoms with van der Waals surface area (Å²) in [7, 11) is 1.65. The van der Waals surface area contributed by atoms with Crippen LogP contribution in [0.25, 0.3) is 0 Å². The number of esters is 1. The van der Waals surface area contributed by atoms with Crippen LogP contribution in [0.4, 0.5) is 0 Å². The van der Waals surface area contributed by atoms with Gasteiger partial charge in [0.2, 0.25) is 0 Å². The number of carbonyl (C=O) groups excluding carboxylic acids is 1. The molecule has 1 unspecified atom stereocenters. The molecule has 9 heteroatoms. The average molecular weight is 532 g/mol. The maximum absolute atomic E-state index is 12.9. The van der Waals surface area contributed by atoms with Crippen molar-refractivity contribution >= 4 is 33.5 Å². The number of carbonyl (C=O) groups is 1. The van der Waals surface area contributed by atoms with Crippen molar-refractivity contribution < 1.29 is 9.53 Å². The van der Waals surface area contributed by atoms with E-state index < -0.39 is 5.97 Å². The first-order valence-corrected chi connectivity index (χ1v) is 11.6. The molecule has 1 atom stereocenters. The van der Waals surface area contributed by atoms with Crippen LogP contribution in [0.3, 0.4) is 0 Å². The number of pyridine rings is 1. The quantitative estimate of drug-likeness (QED) is 0.400. The second-order valence-electron chi connectivity index (χ2n) is 7.90. The molecule has 2 aromatic heterocycles. The number of aryl methyl sites for hydroxylation is 1. The Balaban J connectivity index is 2.26. The lowest BCUT2D eigenvalue weighted by atomic mass is 9.87. The molecule has 3 rings (SSSR count). The van der Waals surface area contributed by atoms with Gasteiger partial charge in [0.05, 0.1) is 23.9 Å². The molecule has 0 aliphatic heterocycles. The fraction of sp³-hybridized carbons (Fsp3) is 0.333. The van der Waals surface area contributed by atoms with Gasteiger partial charge in [0.25, 0.3) is 5.56 Å². The molecule has 0 N–H and O–H groups in total. The first-order valence-electron chi connectivity index (χ1n) is 10.5. The zero-order valence-electron chi connectivity index (χ0n) is 18.8. The van der Waals surface area contributed by atoms with E-state index in [0.717, 1.165) is 11.1 Å². The zero-order valence-corrected chi connectivity index (χ0v) is 21.1. The average Bonchev–Trinajstić information content (AvgIpc) is 3.13. The molecule has 0 spiro atoms. The molecule has 0 aliphatic rings. The molecule has 3 aromatic rings. The molecule has 7 nitrogen and oxygen atoms in total. The maximum atomic E-state index is 12.9. The van der Waals surface area contributed by atoms with Crippen LogP contribution in [-0.4, -0.2) is 26.7 Å². The molecular weight excluding hydrogens is 508 g/mol. The third-order valence-electron chi connectivity index (χ3n) is 5.30. The summed E-state index contributed by atoms with van der Waals surface area (Å²) in [6.07, 6.45) is 2.18. The summed E-state index contributed by atoms with van der Waals surface area (Å²) < 4.78 is 9.22. The maximum Gasteiger partial charge on any atom is 0.358 e. The minimum Gasteiger partial charge on any atom is -0.461 e. The number of nitriles is 1. The van der Waals surface area contributed by atoms with Crippen molar-refractivity contribution in [3.8, 4) is 6.07 Å². The summed E-state index contributed by atoms with van der Waals surface area (Å²) in [6.45, 7) is 5.98. The highest BCUT2D eigenvalue weighted by Gasteiger charge is 2.31. The number of hydrogen-bond acceptors (Lipinski definition) is 5. The second-order valence-corrected chi connectivity index (χ2v) is 9.02. The Kier molecular flexibility index (Phi) is 7.77. The molecule has 1 aromatic carbocycles. The fourth-order valence-corrected chi connectivity index (χ4v) is 4.89. The summed E-state index contributed by atoms with van der Waals surface area (Å²) in [4.78, 5) is 29.5. The summed E-state index contributed by atoms with van der Waals surface area (Å²) in [5.41, 5.74) is 2.87. The Morgan fingerprint density at radius 3 is 2.52 bits per heavy atom. The largest absolute Gasteiger partial charge is 0.461 e. The van der Waals surface area contributed by atoms with Gasteiger partial charge in [-0.05, 0) is 72.4 Å². The fourth-order valence-electron chi connectivity index (χ4n) is 3.84. The smallest absolute Gasteiger partial charge is 0.358 e. The first-order chi connectivity index (χ1) is 15.7. The van der Waals surface area contributed by atoms with Gasteiger partial charge in [-0.15, -0.1) is 0 Å². The third-order valence-corrected chi connectivity index (χ3v) is 6.13. The molecule has 0 fully saturated rings. The lowest BCUT2D eigenvalue weighted by Gasteiger charge is -2.23. The van der Waals surface area contributed by atoms with Crippen molar-refractivity contribution in [3.63, 3.8) is 0 Å². The highest BCUT2D eigenvalue weighted by atomic mass is 79.9. The molecule has 0 aliphatic carbocycles. The van der Waals surface area contributed by atoms with Crippen LogP contribution < -0.4 is 5.56 Å². The Hall–Kier alpha value is -2.89. The topological polar surface area (TPSA) is 89.9 Å². The standard InChI is InChI=1S/C24H24BrClN4O3/c1-5-33-23(32)20-21(30(14(2)3)24(25)28-20)18(17-8-6-15(12-27)7-9-17)10-16-11-19(26)22(31)29(4)13-16/h6-9,11,13-14,18H,5,10H2,1-4H3.